The number of amides is 1. The summed E-state index contributed by atoms with van der Waals surface area (Å²) in [5.41, 5.74) is -1.09. The molecule has 0 aromatic carbocycles. The normalized spacial score (nSPS) is 10.8. The molecule has 0 unspecified atom stereocenters. The first kappa shape index (κ1) is 15.8. The van der Waals surface area contributed by atoms with Gasteiger partial charge in [0.2, 0.25) is 5.91 Å². The van der Waals surface area contributed by atoms with Crippen LogP contribution >= 0.6 is 0 Å². The maximum atomic E-state index is 12.5. The summed E-state index contributed by atoms with van der Waals surface area (Å²) in [6.45, 7) is 2.33. The topological polar surface area (TPSA) is 77.8 Å². The molecular formula is C12H13F3N4O. The Labute approximate surface area is 113 Å². The van der Waals surface area contributed by atoms with Crippen molar-refractivity contribution >= 4 is 11.7 Å². The van der Waals surface area contributed by atoms with Crippen LogP contribution in [0.4, 0.5) is 19.0 Å². The van der Waals surface area contributed by atoms with E-state index in [0.717, 1.165) is 12.1 Å². The van der Waals surface area contributed by atoms with E-state index < -0.39 is 11.9 Å². The molecule has 0 bridgehead atoms. The zero-order chi connectivity index (χ0) is 15.2. The van der Waals surface area contributed by atoms with Crippen molar-refractivity contribution in [3.8, 4) is 6.07 Å². The van der Waals surface area contributed by atoms with E-state index in [2.05, 4.69) is 15.6 Å². The number of aromatic nitrogens is 1. The van der Waals surface area contributed by atoms with E-state index in [1.807, 2.05) is 0 Å². The van der Waals surface area contributed by atoms with E-state index in [4.69, 9.17) is 5.26 Å². The highest BCUT2D eigenvalue weighted by Gasteiger charge is 2.33. The SMILES string of the molecule is CCNC(=O)CCNc1nc(C(F)(F)F)ccc1C#N. The molecule has 5 nitrogen and oxygen atoms in total. The number of nitriles is 1. The van der Waals surface area contributed by atoms with Crippen LogP contribution in [0.2, 0.25) is 0 Å². The Morgan fingerprint density at radius 1 is 1.45 bits per heavy atom. The molecule has 0 spiro atoms. The molecule has 1 amide bonds. The van der Waals surface area contributed by atoms with Gasteiger partial charge in [0, 0.05) is 19.5 Å². The highest BCUT2D eigenvalue weighted by atomic mass is 19.4. The number of pyridine rings is 1. The summed E-state index contributed by atoms with van der Waals surface area (Å²) in [5, 5.41) is 13.9. The molecule has 0 atom stereocenters. The van der Waals surface area contributed by atoms with E-state index in [9.17, 15) is 18.0 Å². The van der Waals surface area contributed by atoms with Gasteiger partial charge in [-0.3, -0.25) is 4.79 Å². The molecule has 0 saturated carbocycles. The Morgan fingerprint density at radius 2 is 2.15 bits per heavy atom. The molecule has 2 N–H and O–H groups in total. The van der Waals surface area contributed by atoms with E-state index in [-0.39, 0.29) is 30.3 Å². The minimum absolute atomic E-state index is 0.00565. The number of nitrogens with one attached hydrogen (secondary N) is 2. The number of nitrogens with zero attached hydrogens (tertiary/aromatic N) is 2. The third kappa shape index (κ3) is 4.42. The van der Waals surface area contributed by atoms with Crippen LogP contribution in [0.15, 0.2) is 12.1 Å². The average Bonchev–Trinajstić information content (AvgIpc) is 2.38. The molecule has 1 aromatic heterocycles. The Balaban J connectivity index is 2.77. The van der Waals surface area contributed by atoms with Gasteiger partial charge in [-0.15, -0.1) is 0 Å². The number of hydrogen-bond donors (Lipinski definition) is 2. The maximum Gasteiger partial charge on any atom is 0.433 e. The smallest absolute Gasteiger partial charge is 0.368 e. The number of alkyl halides is 3. The predicted octanol–water partition coefficient (Wildman–Crippen LogP) is 1.91. The van der Waals surface area contributed by atoms with Crippen molar-refractivity contribution in [2.45, 2.75) is 19.5 Å². The lowest BCUT2D eigenvalue weighted by Gasteiger charge is -2.11. The summed E-state index contributed by atoms with van der Waals surface area (Å²) in [6, 6.07) is 3.53. The Hall–Kier alpha value is -2.30. The molecule has 108 valence electrons. The Morgan fingerprint density at radius 3 is 2.70 bits per heavy atom. The van der Waals surface area contributed by atoms with Crippen molar-refractivity contribution in [1.29, 1.82) is 5.26 Å². The van der Waals surface area contributed by atoms with E-state index in [0.29, 0.717) is 6.54 Å². The number of hydrogen-bond acceptors (Lipinski definition) is 4. The third-order valence-corrected chi connectivity index (χ3v) is 2.32. The van der Waals surface area contributed by atoms with Crippen molar-refractivity contribution in [3.63, 3.8) is 0 Å². The maximum absolute atomic E-state index is 12.5. The molecular weight excluding hydrogens is 273 g/mol. The van der Waals surface area contributed by atoms with Gasteiger partial charge < -0.3 is 10.6 Å². The van der Waals surface area contributed by atoms with Crippen molar-refractivity contribution in [2.24, 2.45) is 0 Å². The molecule has 0 aliphatic heterocycles. The van der Waals surface area contributed by atoms with Gasteiger partial charge in [0.05, 0.1) is 5.56 Å². The first-order valence-corrected chi connectivity index (χ1v) is 5.87. The highest BCUT2D eigenvalue weighted by Crippen LogP contribution is 2.29. The van der Waals surface area contributed by atoms with Crippen molar-refractivity contribution in [3.05, 3.63) is 23.4 Å². The molecule has 8 heteroatoms. The van der Waals surface area contributed by atoms with Crippen LogP contribution in [0.25, 0.3) is 0 Å². The largest absolute Gasteiger partial charge is 0.433 e. The number of halogens is 3. The van der Waals surface area contributed by atoms with Crippen LogP contribution < -0.4 is 10.6 Å². The fourth-order valence-corrected chi connectivity index (χ4v) is 1.42. The predicted molar refractivity (Wildman–Crippen MR) is 65.7 cm³/mol. The van der Waals surface area contributed by atoms with Crippen LogP contribution in [0.3, 0.4) is 0 Å². The number of carbonyl (C=O) groups is 1. The van der Waals surface area contributed by atoms with Gasteiger partial charge in [0.1, 0.15) is 17.6 Å². The van der Waals surface area contributed by atoms with Crippen molar-refractivity contribution < 1.29 is 18.0 Å². The highest BCUT2D eigenvalue weighted by molar-refractivity contribution is 5.76. The number of carbonyl (C=O) groups excluding carboxylic acids is 1. The number of anilines is 1. The third-order valence-electron chi connectivity index (χ3n) is 2.32. The standard InChI is InChI=1S/C12H13F3N4O/c1-2-17-10(20)5-6-18-11-8(7-16)3-4-9(19-11)12(13,14)15/h3-4H,2,5-6H2,1H3,(H,17,20)(H,18,19). The quantitative estimate of drug-likeness (QED) is 0.866. The monoisotopic (exact) mass is 286 g/mol. The van der Waals surface area contributed by atoms with Crippen LogP contribution in [0.5, 0.6) is 0 Å². The lowest BCUT2D eigenvalue weighted by atomic mass is 10.2. The number of rotatable bonds is 5. The molecule has 1 aromatic rings. The summed E-state index contributed by atoms with van der Waals surface area (Å²) in [4.78, 5) is 14.6. The van der Waals surface area contributed by atoms with Crippen LogP contribution in [-0.2, 0) is 11.0 Å². The Bertz CT molecular complexity index is 522. The molecule has 1 heterocycles. The average molecular weight is 286 g/mol. The molecule has 0 saturated heterocycles. The van der Waals surface area contributed by atoms with Crippen molar-refractivity contribution in [1.82, 2.24) is 10.3 Å². The summed E-state index contributed by atoms with van der Waals surface area (Å²) in [6.07, 6.45) is -4.50. The second-order valence-electron chi connectivity index (χ2n) is 3.83. The van der Waals surface area contributed by atoms with Crippen LogP contribution in [0, 0.1) is 11.3 Å². The van der Waals surface area contributed by atoms with Crippen LogP contribution in [0.1, 0.15) is 24.6 Å². The van der Waals surface area contributed by atoms with E-state index in [1.165, 1.54) is 0 Å². The molecule has 0 aliphatic carbocycles. The minimum Gasteiger partial charge on any atom is -0.368 e. The lowest BCUT2D eigenvalue weighted by Crippen LogP contribution is -2.25. The fraction of sp³-hybridized carbons (Fsp3) is 0.417. The molecule has 20 heavy (non-hydrogen) atoms. The summed E-state index contributed by atoms with van der Waals surface area (Å²) in [7, 11) is 0. The summed E-state index contributed by atoms with van der Waals surface area (Å²) >= 11 is 0. The zero-order valence-electron chi connectivity index (χ0n) is 10.7. The molecule has 0 fully saturated rings. The zero-order valence-corrected chi connectivity index (χ0v) is 10.7. The van der Waals surface area contributed by atoms with Gasteiger partial charge in [0.15, 0.2) is 0 Å². The first-order valence-electron chi connectivity index (χ1n) is 5.87. The van der Waals surface area contributed by atoms with Crippen molar-refractivity contribution in [2.75, 3.05) is 18.4 Å². The summed E-state index contributed by atoms with van der Waals surface area (Å²) in [5.74, 6) is -0.405. The first-order chi connectivity index (χ1) is 9.38. The van der Waals surface area contributed by atoms with E-state index >= 15 is 0 Å². The van der Waals surface area contributed by atoms with E-state index in [1.54, 1.807) is 13.0 Å². The molecule has 0 aliphatic rings. The molecule has 0 radical (unpaired) electrons. The van der Waals surface area contributed by atoms with Gasteiger partial charge in [-0.1, -0.05) is 0 Å². The van der Waals surface area contributed by atoms with Gasteiger partial charge in [-0.2, -0.15) is 18.4 Å². The lowest BCUT2D eigenvalue weighted by molar-refractivity contribution is -0.141. The molecule has 1 rings (SSSR count). The fourth-order valence-electron chi connectivity index (χ4n) is 1.42. The van der Waals surface area contributed by atoms with Gasteiger partial charge >= 0.3 is 6.18 Å². The van der Waals surface area contributed by atoms with Gasteiger partial charge in [0.25, 0.3) is 0 Å². The minimum atomic E-state index is -4.58. The van der Waals surface area contributed by atoms with Gasteiger partial charge in [-0.05, 0) is 19.1 Å². The van der Waals surface area contributed by atoms with Crippen LogP contribution in [-0.4, -0.2) is 24.0 Å². The van der Waals surface area contributed by atoms with Gasteiger partial charge in [-0.25, -0.2) is 4.98 Å². The second kappa shape index (κ2) is 6.75. The second-order valence-corrected chi connectivity index (χ2v) is 3.83. The Kier molecular flexibility index (Phi) is 5.32. The summed E-state index contributed by atoms with van der Waals surface area (Å²) < 4.78 is 37.6.